The highest BCUT2D eigenvalue weighted by Gasteiger charge is 2.23. The van der Waals surface area contributed by atoms with E-state index >= 15 is 0 Å². The summed E-state index contributed by atoms with van der Waals surface area (Å²) in [4.78, 5) is 36.2. The lowest BCUT2D eigenvalue weighted by Gasteiger charge is -2.18. The number of rotatable bonds is 7. The predicted octanol–water partition coefficient (Wildman–Crippen LogP) is 2.45. The van der Waals surface area contributed by atoms with Crippen molar-refractivity contribution in [1.29, 1.82) is 0 Å². The number of amides is 3. The Kier molecular flexibility index (Phi) is 7.62. The van der Waals surface area contributed by atoms with Crippen molar-refractivity contribution in [3.8, 4) is 0 Å². The molecule has 0 saturated heterocycles. The van der Waals surface area contributed by atoms with E-state index in [4.69, 9.17) is 0 Å². The van der Waals surface area contributed by atoms with E-state index in [-0.39, 0.29) is 24.4 Å². The number of carbonyl (C=O) groups excluding carboxylic acids is 3. The van der Waals surface area contributed by atoms with Crippen LogP contribution in [0.3, 0.4) is 0 Å². The number of likely N-dealkylation sites (N-methyl/N-ethyl adjacent to an activating group) is 1. The lowest BCUT2D eigenvalue weighted by molar-refractivity contribution is -0.128. The fourth-order valence-corrected chi connectivity index (χ4v) is 2.63. The van der Waals surface area contributed by atoms with Gasteiger partial charge in [0, 0.05) is 30.0 Å². The third kappa shape index (κ3) is 5.85. The zero-order chi connectivity index (χ0) is 20.7. The fourth-order valence-electron chi connectivity index (χ4n) is 2.36. The molecule has 2 aromatic rings. The van der Waals surface area contributed by atoms with Gasteiger partial charge in [-0.1, -0.05) is 22.0 Å². The summed E-state index contributed by atoms with van der Waals surface area (Å²) in [5, 5.41) is 7.41. The first-order valence-electron chi connectivity index (χ1n) is 8.31. The van der Waals surface area contributed by atoms with Gasteiger partial charge in [-0.25, -0.2) is 8.78 Å². The zero-order valence-electron chi connectivity index (χ0n) is 14.9. The number of benzene rings is 2. The normalized spacial score (nSPS) is 11.4. The maximum atomic E-state index is 13.5. The van der Waals surface area contributed by atoms with Gasteiger partial charge in [-0.15, -0.1) is 0 Å². The van der Waals surface area contributed by atoms with E-state index in [9.17, 15) is 23.2 Å². The Bertz CT molecular complexity index is 875. The lowest BCUT2D eigenvalue weighted by atomic mass is 10.1. The summed E-state index contributed by atoms with van der Waals surface area (Å²) in [7, 11) is 1.36. The summed E-state index contributed by atoms with van der Waals surface area (Å²) in [5.74, 6) is -3.64. The molecule has 1 atom stereocenters. The molecular weight excluding hydrogens is 436 g/mol. The second-order valence-corrected chi connectivity index (χ2v) is 6.72. The quantitative estimate of drug-likeness (QED) is 0.601. The van der Waals surface area contributed by atoms with Crippen molar-refractivity contribution in [2.45, 2.75) is 12.5 Å². The summed E-state index contributed by atoms with van der Waals surface area (Å²) < 4.78 is 27.4. The van der Waals surface area contributed by atoms with Crippen molar-refractivity contribution in [1.82, 2.24) is 16.0 Å². The van der Waals surface area contributed by atoms with Crippen molar-refractivity contribution in [2.75, 3.05) is 13.6 Å². The topological polar surface area (TPSA) is 87.3 Å². The SMILES string of the molecule is CNC(=O)C(NC(=O)CCNC(=O)c1ccc(Br)cc1)c1ccc(F)c(F)c1. The third-order valence-corrected chi connectivity index (χ3v) is 4.36. The summed E-state index contributed by atoms with van der Waals surface area (Å²) in [6.07, 6.45) is -0.0978. The van der Waals surface area contributed by atoms with E-state index in [0.717, 1.165) is 16.6 Å². The first kappa shape index (κ1) is 21.5. The van der Waals surface area contributed by atoms with Crippen LogP contribution >= 0.6 is 15.9 Å². The molecule has 28 heavy (non-hydrogen) atoms. The van der Waals surface area contributed by atoms with Gasteiger partial charge >= 0.3 is 0 Å². The molecule has 0 aliphatic heterocycles. The van der Waals surface area contributed by atoms with Crippen LogP contribution < -0.4 is 16.0 Å². The van der Waals surface area contributed by atoms with Crippen molar-refractivity contribution >= 4 is 33.7 Å². The van der Waals surface area contributed by atoms with Gasteiger partial charge in [0.05, 0.1) is 0 Å². The molecule has 9 heteroatoms. The third-order valence-electron chi connectivity index (χ3n) is 3.83. The van der Waals surface area contributed by atoms with Crippen LogP contribution in [0.15, 0.2) is 46.9 Å². The van der Waals surface area contributed by atoms with Gasteiger partial charge in [-0.05, 0) is 42.0 Å². The maximum Gasteiger partial charge on any atom is 0.251 e. The van der Waals surface area contributed by atoms with Crippen LogP contribution in [0.2, 0.25) is 0 Å². The monoisotopic (exact) mass is 453 g/mol. The summed E-state index contributed by atoms with van der Waals surface area (Å²) in [5.41, 5.74) is 0.541. The number of halogens is 3. The van der Waals surface area contributed by atoms with Gasteiger partial charge < -0.3 is 16.0 Å². The molecule has 3 amide bonds. The first-order valence-corrected chi connectivity index (χ1v) is 9.10. The molecule has 0 aliphatic carbocycles. The standard InChI is InChI=1S/C19H18BrF2N3O3/c1-23-19(28)17(12-4-7-14(21)15(22)10-12)25-16(26)8-9-24-18(27)11-2-5-13(20)6-3-11/h2-7,10,17H,8-9H2,1H3,(H,23,28)(H,24,27)(H,25,26). The summed E-state index contributed by atoms with van der Waals surface area (Å²) >= 11 is 3.27. The average Bonchev–Trinajstić information content (AvgIpc) is 2.68. The molecule has 148 valence electrons. The second kappa shape index (κ2) is 9.93. The van der Waals surface area contributed by atoms with Gasteiger partial charge in [0.15, 0.2) is 11.6 Å². The smallest absolute Gasteiger partial charge is 0.251 e. The molecule has 6 nitrogen and oxygen atoms in total. The van der Waals surface area contributed by atoms with Gasteiger partial charge in [0.25, 0.3) is 5.91 Å². The summed E-state index contributed by atoms with van der Waals surface area (Å²) in [6.45, 7) is 0.0406. The number of nitrogens with one attached hydrogen (secondary N) is 3. The van der Waals surface area contributed by atoms with Crippen molar-refractivity contribution in [3.63, 3.8) is 0 Å². The Hall–Kier alpha value is -2.81. The highest BCUT2D eigenvalue weighted by atomic mass is 79.9. The van der Waals surface area contributed by atoms with E-state index in [2.05, 4.69) is 31.9 Å². The predicted molar refractivity (Wildman–Crippen MR) is 102 cm³/mol. The fraction of sp³-hybridized carbons (Fsp3) is 0.211. The van der Waals surface area contributed by atoms with Gasteiger partial charge in [0.2, 0.25) is 11.8 Å². The molecule has 2 rings (SSSR count). The molecular formula is C19H18BrF2N3O3. The molecule has 2 aromatic carbocycles. The Labute approximate surface area is 168 Å². The molecule has 0 saturated carbocycles. The number of carbonyl (C=O) groups is 3. The van der Waals surface area contributed by atoms with Crippen LogP contribution in [0.4, 0.5) is 8.78 Å². The Morgan fingerprint density at radius 1 is 1.04 bits per heavy atom. The van der Waals surface area contributed by atoms with Gasteiger partial charge in [-0.2, -0.15) is 0 Å². The van der Waals surface area contributed by atoms with E-state index in [1.54, 1.807) is 24.3 Å². The van der Waals surface area contributed by atoms with Crippen LogP contribution in [0, 0.1) is 11.6 Å². The Balaban J connectivity index is 1.94. The minimum Gasteiger partial charge on any atom is -0.357 e. The van der Waals surface area contributed by atoms with Gasteiger partial charge in [-0.3, -0.25) is 14.4 Å². The molecule has 0 spiro atoms. The largest absolute Gasteiger partial charge is 0.357 e. The van der Waals surface area contributed by atoms with Gasteiger partial charge in [0.1, 0.15) is 6.04 Å². The lowest BCUT2D eigenvalue weighted by Crippen LogP contribution is -2.40. The molecule has 0 aromatic heterocycles. The number of hydrogen-bond donors (Lipinski definition) is 3. The van der Waals surface area contributed by atoms with Crippen molar-refractivity contribution in [2.24, 2.45) is 0 Å². The highest BCUT2D eigenvalue weighted by Crippen LogP contribution is 2.17. The average molecular weight is 454 g/mol. The van der Waals surface area contributed by atoms with E-state index in [1.807, 2.05) is 0 Å². The van der Waals surface area contributed by atoms with Crippen LogP contribution in [0.5, 0.6) is 0 Å². The zero-order valence-corrected chi connectivity index (χ0v) is 16.5. The van der Waals surface area contributed by atoms with Crippen molar-refractivity contribution < 1.29 is 23.2 Å². The van der Waals surface area contributed by atoms with E-state index in [1.165, 1.54) is 13.1 Å². The van der Waals surface area contributed by atoms with Crippen LogP contribution in [0.1, 0.15) is 28.4 Å². The molecule has 1 unspecified atom stereocenters. The molecule has 0 aliphatic rings. The molecule has 3 N–H and O–H groups in total. The Morgan fingerprint density at radius 2 is 1.71 bits per heavy atom. The van der Waals surface area contributed by atoms with Crippen LogP contribution in [0.25, 0.3) is 0 Å². The molecule has 0 radical (unpaired) electrons. The second-order valence-electron chi connectivity index (χ2n) is 5.80. The molecule has 0 bridgehead atoms. The maximum absolute atomic E-state index is 13.5. The minimum absolute atomic E-state index is 0.0406. The van der Waals surface area contributed by atoms with Crippen LogP contribution in [-0.2, 0) is 9.59 Å². The van der Waals surface area contributed by atoms with Crippen LogP contribution in [-0.4, -0.2) is 31.3 Å². The Morgan fingerprint density at radius 3 is 2.32 bits per heavy atom. The van der Waals surface area contributed by atoms with Crippen molar-refractivity contribution in [3.05, 3.63) is 69.7 Å². The molecule has 0 fully saturated rings. The first-order chi connectivity index (χ1) is 13.3. The van der Waals surface area contributed by atoms with E-state index < -0.39 is 29.5 Å². The highest BCUT2D eigenvalue weighted by molar-refractivity contribution is 9.10. The minimum atomic E-state index is -1.19. The van der Waals surface area contributed by atoms with E-state index in [0.29, 0.717) is 5.56 Å². The number of hydrogen-bond acceptors (Lipinski definition) is 3. The molecule has 0 heterocycles. The summed E-state index contributed by atoms with van der Waals surface area (Å²) in [6, 6.07) is 8.46.